The second-order valence-electron chi connectivity index (χ2n) is 5.37. The molecule has 0 saturated heterocycles. The predicted molar refractivity (Wildman–Crippen MR) is 85.0 cm³/mol. The Morgan fingerprint density at radius 3 is 2.41 bits per heavy atom. The van der Waals surface area contributed by atoms with Gasteiger partial charge in [-0.25, -0.2) is 4.79 Å². The summed E-state index contributed by atoms with van der Waals surface area (Å²) in [6.45, 7) is 5.98. The van der Waals surface area contributed by atoms with Crippen LogP contribution in [0.2, 0.25) is 0 Å². The van der Waals surface area contributed by atoms with E-state index in [4.69, 9.17) is 0 Å². The van der Waals surface area contributed by atoms with Crippen molar-refractivity contribution >= 4 is 23.4 Å². The third-order valence-corrected chi connectivity index (χ3v) is 4.49. The molecule has 0 radical (unpaired) electrons. The van der Waals surface area contributed by atoms with Crippen molar-refractivity contribution in [3.05, 3.63) is 40.2 Å². The van der Waals surface area contributed by atoms with Gasteiger partial charge in [0.25, 0.3) is 0 Å². The first kappa shape index (κ1) is 16.4. The third-order valence-electron chi connectivity index (χ3n) is 3.26. The number of anilines is 1. The van der Waals surface area contributed by atoms with Gasteiger partial charge in [-0.15, -0.1) is 0 Å². The van der Waals surface area contributed by atoms with Crippen LogP contribution in [0, 0.1) is 0 Å². The molecule has 0 saturated carbocycles. The van der Waals surface area contributed by atoms with Crippen molar-refractivity contribution in [1.82, 2.24) is 5.27 Å². The Morgan fingerprint density at radius 1 is 1.27 bits per heavy atom. The maximum Gasteiger partial charge on any atom is 0.441 e. The van der Waals surface area contributed by atoms with Gasteiger partial charge in [-0.3, -0.25) is 9.32 Å². The molecule has 0 aliphatic heterocycles. The number of aryl methyl sites for hydroxylation is 1. The maximum atomic E-state index is 12.2. The number of amides is 1. The number of rotatable bonds is 5. The lowest BCUT2D eigenvalue weighted by atomic mass is 10.0. The van der Waals surface area contributed by atoms with E-state index in [0.717, 1.165) is 17.4 Å². The summed E-state index contributed by atoms with van der Waals surface area (Å²) in [5, 5.41) is 5.21. The lowest BCUT2D eigenvalue weighted by Gasteiger charge is -2.11. The normalized spacial score (nSPS) is 12.4. The molecule has 0 fully saturated rings. The van der Waals surface area contributed by atoms with Gasteiger partial charge in [0, 0.05) is 5.69 Å². The lowest BCUT2D eigenvalue weighted by molar-refractivity contribution is -0.772. The van der Waals surface area contributed by atoms with Gasteiger partial charge in [0.05, 0.1) is 5.25 Å². The molecule has 2 aromatic rings. The number of aromatic nitrogens is 2. The van der Waals surface area contributed by atoms with E-state index in [2.05, 4.69) is 29.0 Å². The molecule has 7 heteroatoms. The second kappa shape index (κ2) is 6.83. The van der Waals surface area contributed by atoms with Crippen molar-refractivity contribution in [2.24, 2.45) is 7.05 Å². The van der Waals surface area contributed by atoms with E-state index in [1.807, 2.05) is 24.3 Å². The zero-order valence-corrected chi connectivity index (χ0v) is 13.9. The minimum absolute atomic E-state index is 0.164. The average Bonchev–Trinajstić information content (AvgIpc) is 2.79. The van der Waals surface area contributed by atoms with Crippen molar-refractivity contribution < 1.29 is 14.0 Å². The predicted octanol–water partition coefficient (Wildman–Crippen LogP) is 2.04. The Balaban J connectivity index is 2.01. The Morgan fingerprint density at radius 2 is 1.91 bits per heavy atom. The van der Waals surface area contributed by atoms with Gasteiger partial charge < -0.3 is 5.32 Å². The Labute approximate surface area is 132 Å². The zero-order chi connectivity index (χ0) is 16.3. The van der Waals surface area contributed by atoms with Gasteiger partial charge >= 0.3 is 10.7 Å². The molecular formula is C15H20N3O3S+. The SMILES string of the molecule is CC(Sc1c(=O)o[nH][n+]1C)C(=O)Nc1ccc(C(C)C)cc1. The number of nitrogens with one attached hydrogen (secondary N) is 2. The molecule has 1 unspecified atom stereocenters. The molecule has 1 heterocycles. The minimum atomic E-state index is -0.478. The summed E-state index contributed by atoms with van der Waals surface area (Å²) in [7, 11) is 1.66. The van der Waals surface area contributed by atoms with Gasteiger partial charge in [-0.2, -0.15) is 0 Å². The van der Waals surface area contributed by atoms with Crippen LogP contribution in [0.25, 0.3) is 0 Å². The van der Waals surface area contributed by atoms with Crippen LogP contribution in [0.1, 0.15) is 32.3 Å². The molecule has 2 N–H and O–H groups in total. The molecule has 0 spiro atoms. The molecule has 1 amide bonds. The Bertz CT molecular complexity index is 704. The molecule has 1 aromatic heterocycles. The number of carbonyl (C=O) groups excluding carboxylic acids is 1. The van der Waals surface area contributed by atoms with Gasteiger partial charge in [0.2, 0.25) is 5.91 Å². The summed E-state index contributed by atoms with van der Waals surface area (Å²) in [6, 6.07) is 7.77. The van der Waals surface area contributed by atoms with Gasteiger partial charge in [-0.05, 0) is 47.6 Å². The highest BCUT2D eigenvalue weighted by Crippen LogP contribution is 2.20. The molecule has 118 valence electrons. The molecule has 0 aliphatic carbocycles. The highest BCUT2D eigenvalue weighted by Gasteiger charge is 2.25. The van der Waals surface area contributed by atoms with Crippen LogP contribution in [0.4, 0.5) is 5.69 Å². The van der Waals surface area contributed by atoms with Crippen LogP contribution in [0.3, 0.4) is 0 Å². The summed E-state index contributed by atoms with van der Waals surface area (Å²) in [5.74, 6) is 0.287. The average molecular weight is 322 g/mol. The molecule has 0 aliphatic rings. The van der Waals surface area contributed by atoms with Crippen LogP contribution in [-0.2, 0) is 11.8 Å². The number of hydrogen-bond acceptors (Lipinski definition) is 4. The highest BCUT2D eigenvalue weighted by molar-refractivity contribution is 8.00. The monoisotopic (exact) mass is 322 g/mol. The molecule has 22 heavy (non-hydrogen) atoms. The number of hydrogen-bond donors (Lipinski definition) is 2. The van der Waals surface area contributed by atoms with Gasteiger partial charge in [0.15, 0.2) is 7.05 Å². The largest absolute Gasteiger partial charge is 0.441 e. The maximum absolute atomic E-state index is 12.2. The highest BCUT2D eigenvalue weighted by atomic mass is 32.2. The van der Waals surface area contributed by atoms with Crippen LogP contribution in [0.15, 0.2) is 38.6 Å². The lowest BCUT2D eigenvalue weighted by Crippen LogP contribution is -2.35. The molecule has 1 atom stereocenters. The number of carbonyl (C=O) groups is 1. The fourth-order valence-corrected chi connectivity index (χ4v) is 2.71. The summed E-state index contributed by atoms with van der Waals surface area (Å²) in [5.41, 5.74) is 1.48. The van der Waals surface area contributed by atoms with Crippen molar-refractivity contribution in [1.29, 1.82) is 0 Å². The van der Waals surface area contributed by atoms with E-state index in [9.17, 15) is 9.59 Å². The van der Waals surface area contributed by atoms with E-state index in [1.165, 1.54) is 10.2 Å². The number of benzene rings is 1. The molecule has 1 aromatic carbocycles. The third kappa shape index (κ3) is 3.79. The number of nitrogens with zero attached hydrogens (tertiary/aromatic N) is 1. The van der Waals surface area contributed by atoms with Crippen molar-refractivity contribution in [3.63, 3.8) is 0 Å². The smallest absolute Gasteiger partial charge is 0.325 e. The second-order valence-corrected chi connectivity index (χ2v) is 6.70. The Kier molecular flexibility index (Phi) is 5.07. The van der Waals surface area contributed by atoms with Crippen LogP contribution in [-0.4, -0.2) is 16.4 Å². The fourth-order valence-electron chi connectivity index (χ4n) is 1.88. The number of aromatic amines is 1. The summed E-state index contributed by atoms with van der Waals surface area (Å²) < 4.78 is 6.11. The first-order chi connectivity index (χ1) is 10.4. The van der Waals surface area contributed by atoms with E-state index in [0.29, 0.717) is 10.9 Å². The molecule has 0 bridgehead atoms. The van der Waals surface area contributed by atoms with Crippen LogP contribution < -0.4 is 15.6 Å². The minimum Gasteiger partial charge on any atom is -0.325 e. The van der Waals surface area contributed by atoms with Crippen molar-refractivity contribution in [2.75, 3.05) is 5.32 Å². The van der Waals surface area contributed by atoms with E-state index < -0.39 is 10.9 Å². The first-order valence-corrected chi connectivity index (χ1v) is 7.91. The quantitative estimate of drug-likeness (QED) is 0.652. The fraction of sp³-hybridized carbons (Fsp3) is 0.400. The Hall–Kier alpha value is -2.02. The van der Waals surface area contributed by atoms with Crippen LogP contribution >= 0.6 is 11.8 Å². The standard InChI is InChI=1S/C15H19N3O3S/c1-9(2)11-5-7-12(8-6-11)16-13(19)10(3)22-14-15(20)21-17-18(14)4/h5-10H,1-4H3,(H-,16,17,19,20)/p+1. The van der Waals surface area contributed by atoms with E-state index in [1.54, 1.807) is 14.0 Å². The van der Waals surface area contributed by atoms with E-state index in [-0.39, 0.29) is 5.91 Å². The molecule has 6 nitrogen and oxygen atoms in total. The summed E-state index contributed by atoms with van der Waals surface area (Å²) in [6.07, 6.45) is 0. The van der Waals surface area contributed by atoms with Crippen LogP contribution in [0.5, 0.6) is 0 Å². The molecule has 2 rings (SSSR count). The first-order valence-electron chi connectivity index (χ1n) is 7.03. The number of H-pyrrole nitrogens is 1. The van der Waals surface area contributed by atoms with Crippen molar-refractivity contribution in [2.45, 2.75) is 37.0 Å². The van der Waals surface area contributed by atoms with E-state index >= 15 is 0 Å². The summed E-state index contributed by atoms with van der Waals surface area (Å²) in [4.78, 5) is 23.7. The molecular weight excluding hydrogens is 302 g/mol. The summed E-state index contributed by atoms with van der Waals surface area (Å²) >= 11 is 1.15. The zero-order valence-electron chi connectivity index (χ0n) is 13.0. The van der Waals surface area contributed by atoms with Crippen molar-refractivity contribution in [3.8, 4) is 0 Å². The van der Waals surface area contributed by atoms with Gasteiger partial charge in [0.1, 0.15) is 0 Å². The topological polar surface area (TPSA) is 79.0 Å². The van der Waals surface area contributed by atoms with Gasteiger partial charge in [-0.1, -0.05) is 30.7 Å². The number of thioether (sulfide) groups is 1.